The number of hydrogen-bond acceptors (Lipinski definition) is 2. The van der Waals surface area contributed by atoms with E-state index in [1.807, 2.05) is 24.3 Å². The van der Waals surface area contributed by atoms with Crippen molar-refractivity contribution in [1.82, 2.24) is 0 Å². The van der Waals surface area contributed by atoms with Crippen LogP contribution in [0, 0.1) is 0 Å². The van der Waals surface area contributed by atoms with Gasteiger partial charge in [-0.05, 0) is 24.5 Å². The third kappa shape index (κ3) is 2.74. The van der Waals surface area contributed by atoms with E-state index in [9.17, 15) is 5.11 Å². The van der Waals surface area contributed by atoms with Crippen molar-refractivity contribution in [2.75, 3.05) is 0 Å². The second-order valence-electron chi connectivity index (χ2n) is 3.53. The molecular weight excluding hydrogens is 204 g/mol. The van der Waals surface area contributed by atoms with Gasteiger partial charge in [0.2, 0.25) is 0 Å². The van der Waals surface area contributed by atoms with Gasteiger partial charge in [-0.1, -0.05) is 30.4 Å². The Bertz CT molecular complexity index is 347. The van der Waals surface area contributed by atoms with Crippen molar-refractivity contribution in [3.63, 3.8) is 0 Å². The van der Waals surface area contributed by atoms with Gasteiger partial charge in [0.1, 0.15) is 0 Å². The van der Waals surface area contributed by atoms with Gasteiger partial charge in [-0.2, -0.15) is 0 Å². The van der Waals surface area contributed by atoms with E-state index in [0.29, 0.717) is 12.8 Å². The summed E-state index contributed by atoms with van der Waals surface area (Å²) in [4.78, 5) is 0.795. The lowest BCUT2D eigenvalue weighted by Crippen LogP contribution is -2.24. The Kier molecular flexibility index (Phi) is 4.18. The summed E-state index contributed by atoms with van der Waals surface area (Å²) in [7, 11) is 0. The maximum atomic E-state index is 10.5. The van der Waals surface area contributed by atoms with Crippen molar-refractivity contribution in [3.05, 3.63) is 55.1 Å². The zero-order valence-corrected chi connectivity index (χ0v) is 9.58. The summed E-state index contributed by atoms with van der Waals surface area (Å²) >= 11 is 4.35. The Morgan fingerprint density at radius 3 is 2.20 bits per heavy atom. The van der Waals surface area contributed by atoms with Crippen molar-refractivity contribution in [2.45, 2.75) is 23.3 Å². The molecule has 0 unspecified atom stereocenters. The molecule has 0 amide bonds. The third-order valence-electron chi connectivity index (χ3n) is 2.37. The van der Waals surface area contributed by atoms with Gasteiger partial charge in [0, 0.05) is 4.90 Å². The van der Waals surface area contributed by atoms with E-state index < -0.39 is 5.60 Å². The fourth-order valence-corrected chi connectivity index (χ4v) is 2.02. The van der Waals surface area contributed by atoms with Crippen molar-refractivity contribution >= 4 is 12.6 Å². The molecule has 1 nitrogen and oxygen atoms in total. The largest absolute Gasteiger partial charge is 0.384 e. The molecule has 0 aliphatic carbocycles. The highest BCUT2D eigenvalue weighted by Gasteiger charge is 2.27. The Morgan fingerprint density at radius 2 is 1.73 bits per heavy atom. The zero-order chi connectivity index (χ0) is 11.3. The fraction of sp³-hybridized carbons (Fsp3) is 0.231. The molecule has 1 aromatic carbocycles. The van der Waals surface area contributed by atoms with Gasteiger partial charge in [0.15, 0.2) is 0 Å². The number of hydrogen-bond donors (Lipinski definition) is 2. The Labute approximate surface area is 96.6 Å². The summed E-state index contributed by atoms with van der Waals surface area (Å²) < 4.78 is 0. The van der Waals surface area contributed by atoms with Crippen LogP contribution in [-0.4, -0.2) is 5.11 Å². The first-order valence-corrected chi connectivity index (χ1v) is 5.31. The molecule has 80 valence electrons. The van der Waals surface area contributed by atoms with Crippen LogP contribution < -0.4 is 0 Å². The predicted octanol–water partition coefficient (Wildman–Crippen LogP) is 3.32. The highest BCUT2D eigenvalue weighted by atomic mass is 32.1. The monoisotopic (exact) mass is 220 g/mol. The summed E-state index contributed by atoms with van der Waals surface area (Å²) in [5.74, 6) is 0. The van der Waals surface area contributed by atoms with E-state index in [4.69, 9.17) is 0 Å². The van der Waals surface area contributed by atoms with Crippen LogP contribution in [0.25, 0.3) is 0 Å². The van der Waals surface area contributed by atoms with E-state index >= 15 is 0 Å². The molecule has 0 radical (unpaired) electrons. The summed E-state index contributed by atoms with van der Waals surface area (Å²) in [5, 5.41) is 10.5. The maximum absolute atomic E-state index is 10.5. The highest BCUT2D eigenvalue weighted by Crippen LogP contribution is 2.33. The quantitative estimate of drug-likeness (QED) is 0.576. The summed E-state index contributed by atoms with van der Waals surface area (Å²) in [6.07, 6.45) is 4.42. The van der Waals surface area contributed by atoms with Gasteiger partial charge in [0.25, 0.3) is 0 Å². The van der Waals surface area contributed by atoms with Gasteiger partial charge in [-0.3, -0.25) is 0 Å². The topological polar surface area (TPSA) is 20.2 Å². The van der Waals surface area contributed by atoms with E-state index in [0.717, 1.165) is 10.5 Å². The van der Waals surface area contributed by atoms with Crippen LogP contribution in [0.3, 0.4) is 0 Å². The third-order valence-corrected chi connectivity index (χ3v) is 2.76. The molecule has 1 N–H and O–H groups in total. The van der Waals surface area contributed by atoms with Gasteiger partial charge >= 0.3 is 0 Å². The van der Waals surface area contributed by atoms with Crippen LogP contribution in [0.1, 0.15) is 18.4 Å². The molecule has 0 aliphatic rings. The Morgan fingerprint density at radius 1 is 1.20 bits per heavy atom. The molecule has 15 heavy (non-hydrogen) atoms. The standard InChI is InChI=1S/C13H16OS/c1-3-9-13(14,10-4-2)11-7-5-6-8-12(11)15/h3-8,14-15H,1-2,9-10H2. The molecule has 0 spiro atoms. The minimum Gasteiger partial charge on any atom is -0.384 e. The molecule has 0 aliphatic heterocycles. The van der Waals surface area contributed by atoms with Crippen LogP contribution in [0.2, 0.25) is 0 Å². The first-order valence-electron chi connectivity index (χ1n) is 4.86. The first-order chi connectivity index (χ1) is 7.14. The minimum atomic E-state index is -0.929. The van der Waals surface area contributed by atoms with Crippen molar-refractivity contribution in [2.24, 2.45) is 0 Å². The molecular formula is C13H16OS. The van der Waals surface area contributed by atoms with Crippen LogP contribution in [-0.2, 0) is 5.60 Å². The van der Waals surface area contributed by atoms with Gasteiger partial charge < -0.3 is 5.11 Å². The van der Waals surface area contributed by atoms with Gasteiger partial charge in [0.05, 0.1) is 5.60 Å². The molecule has 1 aromatic rings. The molecule has 0 aromatic heterocycles. The maximum Gasteiger partial charge on any atom is 0.0975 e. The average Bonchev–Trinajstić information content (AvgIpc) is 2.19. The van der Waals surface area contributed by atoms with Crippen molar-refractivity contribution < 1.29 is 5.11 Å². The van der Waals surface area contributed by atoms with Crippen molar-refractivity contribution in [3.8, 4) is 0 Å². The van der Waals surface area contributed by atoms with Crippen LogP contribution in [0.5, 0.6) is 0 Å². The summed E-state index contributed by atoms with van der Waals surface area (Å²) in [6.45, 7) is 7.33. The van der Waals surface area contributed by atoms with Gasteiger partial charge in [-0.15, -0.1) is 25.8 Å². The molecule has 0 saturated carbocycles. The molecule has 0 atom stereocenters. The SMILES string of the molecule is C=CCC(O)(CC=C)c1ccccc1S. The fourth-order valence-electron chi connectivity index (χ4n) is 1.65. The van der Waals surface area contributed by atoms with Crippen LogP contribution in [0.15, 0.2) is 54.5 Å². The number of aliphatic hydroxyl groups is 1. The average molecular weight is 220 g/mol. The Hall–Kier alpha value is -0.990. The molecule has 1 rings (SSSR count). The number of rotatable bonds is 5. The second kappa shape index (κ2) is 5.19. The lowest BCUT2D eigenvalue weighted by molar-refractivity contribution is 0.0403. The Balaban J connectivity index is 3.13. The molecule has 0 fully saturated rings. The zero-order valence-electron chi connectivity index (χ0n) is 8.69. The van der Waals surface area contributed by atoms with Crippen LogP contribution in [0.4, 0.5) is 0 Å². The summed E-state index contributed by atoms with van der Waals surface area (Å²) in [5.41, 5.74) is -0.102. The normalized spacial score (nSPS) is 11.1. The lowest BCUT2D eigenvalue weighted by Gasteiger charge is -2.27. The predicted molar refractivity (Wildman–Crippen MR) is 67.2 cm³/mol. The van der Waals surface area contributed by atoms with Gasteiger partial charge in [-0.25, -0.2) is 0 Å². The van der Waals surface area contributed by atoms with E-state index in [1.165, 1.54) is 0 Å². The lowest BCUT2D eigenvalue weighted by atomic mass is 9.87. The van der Waals surface area contributed by atoms with Crippen molar-refractivity contribution in [1.29, 1.82) is 0 Å². The smallest absolute Gasteiger partial charge is 0.0975 e. The molecule has 0 bridgehead atoms. The van der Waals surface area contributed by atoms with Crippen LogP contribution >= 0.6 is 12.6 Å². The minimum absolute atomic E-state index is 0.497. The van der Waals surface area contributed by atoms with E-state index in [1.54, 1.807) is 12.2 Å². The molecule has 2 heteroatoms. The first kappa shape index (κ1) is 12.1. The van der Waals surface area contributed by atoms with E-state index in [2.05, 4.69) is 25.8 Å². The van der Waals surface area contributed by atoms with E-state index in [-0.39, 0.29) is 0 Å². The highest BCUT2D eigenvalue weighted by molar-refractivity contribution is 7.80. The molecule has 0 saturated heterocycles. The number of benzene rings is 1. The summed E-state index contributed by atoms with van der Waals surface area (Å²) in [6, 6.07) is 7.55. The second-order valence-corrected chi connectivity index (χ2v) is 4.02. The molecule has 0 heterocycles. The number of thiol groups is 1.